The first-order valence-corrected chi connectivity index (χ1v) is 7.62. The number of nitro groups is 2. The van der Waals surface area contributed by atoms with Crippen molar-refractivity contribution in [3.8, 4) is 5.75 Å². The van der Waals surface area contributed by atoms with Gasteiger partial charge in [-0.25, -0.2) is 0 Å². The second kappa shape index (κ2) is 6.18. The van der Waals surface area contributed by atoms with E-state index in [2.05, 4.69) is 0 Å². The van der Waals surface area contributed by atoms with E-state index in [9.17, 15) is 28.6 Å². The van der Waals surface area contributed by atoms with Crippen LogP contribution in [0.25, 0.3) is 0 Å². The normalized spacial score (nSPS) is 11.0. The highest BCUT2D eigenvalue weighted by atomic mass is 35.5. The van der Waals surface area contributed by atoms with Crippen molar-refractivity contribution >= 4 is 33.1 Å². The molecule has 120 valence electrons. The SMILES string of the molecule is O=[N+]([O-])c1cccc(OS(=O)(=O)c2ccc(Cl)cc2[N+](=O)[O-])c1. The fourth-order valence-corrected chi connectivity index (χ4v) is 2.90. The predicted molar refractivity (Wildman–Crippen MR) is 79.0 cm³/mol. The summed E-state index contributed by atoms with van der Waals surface area (Å²) in [4.78, 5) is 19.3. The molecule has 0 unspecified atom stereocenters. The average Bonchev–Trinajstić information content (AvgIpc) is 2.46. The van der Waals surface area contributed by atoms with Crippen LogP contribution in [0.2, 0.25) is 5.02 Å². The molecule has 0 amide bonds. The standard InChI is InChI=1S/C12H7ClN2O7S/c13-8-4-5-12(11(6-8)15(18)19)23(20,21)22-10-3-1-2-9(7-10)14(16)17/h1-7H. The molecule has 0 aliphatic carbocycles. The third kappa shape index (κ3) is 3.73. The van der Waals surface area contributed by atoms with E-state index in [-0.39, 0.29) is 16.5 Å². The van der Waals surface area contributed by atoms with Crippen LogP contribution in [0.5, 0.6) is 5.75 Å². The van der Waals surface area contributed by atoms with Gasteiger partial charge in [0, 0.05) is 17.2 Å². The van der Waals surface area contributed by atoms with E-state index in [0.29, 0.717) is 0 Å². The Kier molecular flexibility index (Phi) is 4.48. The maximum Gasteiger partial charge on any atom is 0.346 e. The van der Waals surface area contributed by atoms with Crippen molar-refractivity contribution in [1.82, 2.24) is 0 Å². The van der Waals surface area contributed by atoms with Crippen LogP contribution in [-0.4, -0.2) is 18.3 Å². The van der Waals surface area contributed by atoms with Gasteiger partial charge in [-0.2, -0.15) is 8.42 Å². The Labute approximate surface area is 134 Å². The molecule has 9 nitrogen and oxygen atoms in total. The highest BCUT2D eigenvalue weighted by molar-refractivity contribution is 7.87. The Morgan fingerprint density at radius 3 is 2.30 bits per heavy atom. The van der Waals surface area contributed by atoms with Crippen molar-refractivity contribution in [2.45, 2.75) is 4.90 Å². The monoisotopic (exact) mass is 358 g/mol. The van der Waals surface area contributed by atoms with Gasteiger partial charge in [0.15, 0.2) is 4.90 Å². The molecular formula is C12H7ClN2O7S. The van der Waals surface area contributed by atoms with Gasteiger partial charge in [0.1, 0.15) is 5.75 Å². The van der Waals surface area contributed by atoms with Gasteiger partial charge in [-0.15, -0.1) is 0 Å². The fraction of sp³-hybridized carbons (Fsp3) is 0. The Bertz CT molecular complexity index is 898. The van der Waals surface area contributed by atoms with Gasteiger partial charge in [-0.3, -0.25) is 20.2 Å². The Balaban J connectivity index is 2.46. The molecule has 0 saturated carbocycles. The molecular weight excluding hydrogens is 352 g/mol. The molecule has 0 bridgehead atoms. The van der Waals surface area contributed by atoms with Gasteiger partial charge >= 0.3 is 10.1 Å². The van der Waals surface area contributed by atoms with Gasteiger partial charge in [0.05, 0.1) is 15.9 Å². The summed E-state index contributed by atoms with van der Waals surface area (Å²) in [6, 6.07) is 7.37. The van der Waals surface area contributed by atoms with E-state index in [4.69, 9.17) is 15.8 Å². The van der Waals surface area contributed by atoms with Gasteiger partial charge in [-0.05, 0) is 18.2 Å². The minimum Gasteiger partial charge on any atom is -0.379 e. The largest absolute Gasteiger partial charge is 0.379 e. The molecule has 0 fully saturated rings. The summed E-state index contributed by atoms with van der Waals surface area (Å²) in [6.45, 7) is 0. The molecule has 0 saturated heterocycles. The highest BCUT2D eigenvalue weighted by Crippen LogP contribution is 2.30. The van der Waals surface area contributed by atoms with E-state index in [1.54, 1.807) is 0 Å². The van der Waals surface area contributed by atoms with E-state index >= 15 is 0 Å². The number of halogens is 1. The molecule has 0 N–H and O–H groups in total. The smallest absolute Gasteiger partial charge is 0.346 e. The lowest BCUT2D eigenvalue weighted by molar-refractivity contribution is -0.387. The number of nitrogens with zero attached hydrogens (tertiary/aromatic N) is 2. The van der Waals surface area contributed by atoms with Crippen LogP contribution in [0.15, 0.2) is 47.4 Å². The molecule has 0 radical (unpaired) electrons. The van der Waals surface area contributed by atoms with Crippen LogP contribution in [-0.2, 0) is 10.1 Å². The summed E-state index contributed by atoms with van der Waals surface area (Å²) in [5.41, 5.74) is -1.15. The van der Waals surface area contributed by atoms with Crippen molar-refractivity contribution < 1.29 is 22.4 Å². The van der Waals surface area contributed by atoms with E-state index in [1.165, 1.54) is 12.1 Å². The maximum atomic E-state index is 12.2. The molecule has 2 rings (SSSR count). The van der Waals surface area contributed by atoms with Crippen LogP contribution in [0.3, 0.4) is 0 Å². The molecule has 11 heteroatoms. The third-order valence-electron chi connectivity index (χ3n) is 2.62. The van der Waals surface area contributed by atoms with Crippen LogP contribution >= 0.6 is 11.6 Å². The summed E-state index contributed by atoms with van der Waals surface area (Å²) in [6.07, 6.45) is 0. The summed E-state index contributed by atoms with van der Waals surface area (Å²) < 4.78 is 29.1. The zero-order valence-electron chi connectivity index (χ0n) is 11.1. The van der Waals surface area contributed by atoms with Gasteiger partial charge < -0.3 is 4.18 Å². The molecule has 0 aliphatic rings. The molecule has 23 heavy (non-hydrogen) atoms. The number of benzene rings is 2. The number of nitro benzene ring substituents is 2. The van der Waals surface area contributed by atoms with Crippen molar-refractivity contribution in [2.24, 2.45) is 0 Å². The van der Waals surface area contributed by atoms with E-state index < -0.39 is 30.5 Å². The minimum atomic E-state index is -4.57. The zero-order chi connectivity index (χ0) is 17.2. The zero-order valence-corrected chi connectivity index (χ0v) is 12.7. The second-order valence-electron chi connectivity index (χ2n) is 4.16. The number of hydrogen-bond donors (Lipinski definition) is 0. The van der Waals surface area contributed by atoms with Crippen molar-refractivity contribution in [2.75, 3.05) is 0 Å². The fourth-order valence-electron chi connectivity index (χ4n) is 1.67. The molecule has 0 aliphatic heterocycles. The molecule has 0 aromatic heterocycles. The molecule has 0 spiro atoms. The predicted octanol–water partition coefficient (Wildman–Crippen LogP) is 2.92. The number of rotatable bonds is 5. The molecule has 0 atom stereocenters. The first-order valence-electron chi connectivity index (χ1n) is 5.83. The minimum absolute atomic E-state index is 0.0222. The van der Waals surface area contributed by atoms with Crippen LogP contribution in [0.4, 0.5) is 11.4 Å². The lowest BCUT2D eigenvalue weighted by Gasteiger charge is -2.07. The van der Waals surface area contributed by atoms with Crippen molar-refractivity contribution in [3.63, 3.8) is 0 Å². The van der Waals surface area contributed by atoms with Crippen molar-refractivity contribution in [3.05, 3.63) is 67.7 Å². The topological polar surface area (TPSA) is 130 Å². The van der Waals surface area contributed by atoms with Crippen LogP contribution in [0, 0.1) is 20.2 Å². The Morgan fingerprint density at radius 1 is 1.00 bits per heavy atom. The summed E-state index contributed by atoms with van der Waals surface area (Å²) >= 11 is 5.61. The van der Waals surface area contributed by atoms with Gasteiger partial charge in [0.25, 0.3) is 11.4 Å². The maximum absolute atomic E-state index is 12.2. The third-order valence-corrected chi connectivity index (χ3v) is 4.15. The number of hydrogen-bond acceptors (Lipinski definition) is 7. The van der Waals surface area contributed by atoms with Crippen molar-refractivity contribution in [1.29, 1.82) is 0 Å². The molecule has 2 aromatic carbocycles. The van der Waals surface area contributed by atoms with Gasteiger partial charge in [-0.1, -0.05) is 17.7 Å². The van der Waals surface area contributed by atoms with Crippen LogP contribution < -0.4 is 4.18 Å². The lowest BCUT2D eigenvalue weighted by atomic mass is 10.3. The second-order valence-corrected chi connectivity index (χ2v) is 6.11. The summed E-state index contributed by atoms with van der Waals surface area (Å²) in [7, 11) is -4.57. The first kappa shape index (κ1) is 16.6. The quantitative estimate of drug-likeness (QED) is 0.456. The number of non-ortho nitro benzene ring substituents is 1. The molecule has 0 heterocycles. The van der Waals surface area contributed by atoms with E-state index in [1.807, 2.05) is 0 Å². The Hall–Kier alpha value is -2.72. The van der Waals surface area contributed by atoms with Crippen LogP contribution in [0.1, 0.15) is 0 Å². The van der Waals surface area contributed by atoms with Gasteiger partial charge in [0.2, 0.25) is 0 Å². The summed E-state index contributed by atoms with van der Waals surface area (Å²) in [5.74, 6) is -0.344. The average molecular weight is 359 g/mol. The van der Waals surface area contributed by atoms with E-state index in [0.717, 1.165) is 30.3 Å². The summed E-state index contributed by atoms with van der Waals surface area (Å²) in [5, 5.41) is 21.6. The lowest BCUT2D eigenvalue weighted by Crippen LogP contribution is -2.12. The first-order chi connectivity index (χ1) is 10.7. The molecule has 2 aromatic rings. The highest BCUT2D eigenvalue weighted by Gasteiger charge is 2.28. The Morgan fingerprint density at radius 2 is 1.70 bits per heavy atom.